The van der Waals surface area contributed by atoms with Gasteiger partial charge in [0.1, 0.15) is 11.8 Å². The average molecular weight is 496 g/mol. The normalized spacial score (nSPS) is 19.7. The molecule has 2 aliphatic heterocycles. The van der Waals surface area contributed by atoms with Crippen LogP contribution in [0.15, 0.2) is 24.3 Å². The van der Waals surface area contributed by atoms with Crippen LogP contribution in [0.2, 0.25) is 0 Å². The molecule has 2 fully saturated rings. The molecule has 3 rings (SSSR count). The van der Waals surface area contributed by atoms with Crippen LogP contribution in [0.1, 0.15) is 31.1 Å². The van der Waals surface area contributed by atoms with Crippen LogP contribution in [0.3, 0.4) is 0 Å². The van der Waals surface area contributed by atoms with Crippen molar-refractivity contribution in [2.24, 2.45) is 5.92 Å². The molecule has 1 N–H and O–H groups in total. The van der Waals surface area contributed by atoms with Crippen molar-refractivity contribution in [2.75, 3.05) is 66.0 Å². The Morgan fingerprint density at radius 3 is 1.97 bits per heavy atom. The van der Waals surface area contributed by atoms with Crippen molar-refractivity contribution in [2.45, 2.75) is 26.8 Å². The Kier molecular flexibility index (Phi) is 8.91. The molecule has 0 bridgehead atoms. The quantitative estimate of drug-likeness (QED) is 0.563. The van der Waals surface area contributed by atoms with E-state index in [2.05, 4.69) is 10.2 Å². The first-order valence-electron chi connectivity index (χ1n) is 11.9. The zero-order chi connectivity index (χ0) is 24.9. The third kappa shape index (κ3) is 6.26. The van der Waals surface area contributed by atoms with E-state index in [-0.39, 0.29) is 30.8 Å². The van der Waals surface area contributed by atoms with Crippen LogP contribution in [-0.4, -0.2) is 111 Å². The summed E-state index contributed by atoms with van der Waals surface area (Å²) in [7, 11) is -1.55. The smallest absolute Gasteiger partial charge is 0.282 e. The number of benzene rings is 1. The molecule has 34 heavy (non-hydrogen) atoms. The third-order valence-corrected chi connectivity index (χ3v) is 8.35. The molecule has 1 aromatic rings. The summed E-state index contributed by atoms with van der Waals surface area (Å²) >= 11 is 0. The summed E-state index contributed by atoms with van der Waals surface area (Å²) in [5, 5.41) is 2.86. The Balaban J connectivity index is 1.58. The maximum atomic E-state index is 13.2. The average Bonchev–Trinajstić information content (AvgIpc) is 2.83. The predicted octanol–water partition coefficient (Wildman–Crippen LogP) is 0.476. The van der Waals surface area contributed by atoms with Gasteiger partial charge in [0.25, 0.3) is 16.1 Å². The summed E-state index contributed by atoms with van der Waals surface area (Å²) in [6.45, 7) is 9.67. The molecule has 2 heterocycles. The molecule has 10 nitrogen and oxygen atoms in total. The first-order valence-corrected chi connectivity index (χ1v) is 13.3. The number of hydrogen-bond acceptors (Lipinski definition) is 6. The minimum absolute atomic E-state index is 0.119. The predicted molar refractivity (Wildman–Crippen MR) is 130 cm³/mol. The zero-order valence-electron chi connectivity index (χ0n) is 20.6. The van der Waals surface area contributed by atoms with Crippen molar-refractivity contribution in [3.63, 3.8) is 0 Å². The highest BCUT2D eigenvalue weighted by Crippen LogP contribution is 2.17. The second-order valence-electron chi connectivity index (χ2n) is 9.09. The number of amides is 2. The molecule has 11 heteroatoms. The minimum Gasteiger partial charge on any atom is -0.494 e. The van der Waals surface area contributed by atoms with Gasteiger partial charge in [0.2, 0.25) is 5.91 Å². The van der Waals surface area contributed by atoms with E-state index >= 15 is 0 Å². The molecule has 2 saturated heterocycles. The van der Waals surface area contributed by atoms with Crippen LogP contribution in [0.25, 0.3) is 0 Å². The van der Waals surface area contributed by atoms with E-state index in [1.807, 2.05) is 27.8 Å². The lowest BCUT2D eigenvalue weighted by molar-refractivity contribution is -0.135. The van der Waals surface area contributed by atoms with Gasteiger partial charge in [-0.3, -0.25) is 9.59 Å². The van der Waals surface area contributed by atoms with E-state index in [1.54, 1.807) is 29.2 Å². The molecular weight excluding hydrogens is 458 g/mol. The fourth-order valence-corrected chi connectivity index (χ4v) is 5.70. The Hall–Kier alpha value is -2.21. The molecule has 1 aromatic carbocycles. The SMILES string of the molecule is CCOc1ccc(C(=O)NC(C(=O)N2CCN(S(=O)(=O)N3CCN(C)CC3)CC2)C(C)C)cc1. The van der Waals surface area contributed by atoms with E-state index in [1.165, 1.54) is 8.61 Å². The molecule has 0 radical (unpaired) electrons. The van der Waals surface area contributed by atoms with Crippen molar-refractivity contribution in [3.8, 4) is 5.75 Å². The van der Waals surface area contributed by atoms with Crippen molar-refractivity contribution in [1.82, 2.24) is 23.7 Å². The van der Waals surface area contributed by atoms with Gasteiger partial charge in [-0.25, -0.2) is 0 Å². The summed E-state index contributed by atoms with van der Waals surface area (Å²) < 4.78 is 34.4. The topological polar surface area (TPSA) is 102 Å². The number of carbonyl (C=O) groups excluding carboxylic acids is 2. The van der Waals surface area contributed by atoms with Crippen LogP contribution in [0.4, 0.5) is 0 Å². The molecule has 1 atom stereocenters. The Morgan fingerprint density at radius 1 is 0.941 bits per heavy atom. The second-order valence-corrected chi connectivity index (χ2v) is 11.0. The highest BCUT2D eigenvalue weighted by molar-refractivity contribution is 7.86. The molecule has 0 aromatic heterocycles. The van der Waals surface area contributed by atoms with Gasteiger partial charge in [0, 0.05) is 57.9 Å². The van der Waals surface area contributed by atoms with Crippen molar-refractivity contribution in [1.29, 1.82) is 0 Å². The summed E-state index contributed by atoms with van der Waals surface area (Å²) in [5.41, 5.74) is 0.449. The Morgan fingerprint density at radius 2 is 1.47 bits per heavy atom. The van der Waals surface area contributed by atoms with Crippen LogP contribution >= 0.6 is 0 Å². The Labute approximate surface area is 203 Å². The number of carbonyl (C=O) groups is 2. The maximum absolute atomic E-state index is 13.2. The lowest BCUT2D eigenvalue weighted by Gasteiger charge is -2.40. The van der Waals surface area contributed by atoms with E-state index in [4.69, 9.17) is 4.74 Å². The fraction of sp³-hybridized carbons (Fsp3) is 0.652. The van der Waals surface area contributed by atoms with Gasteiger partial charge in [-0.05, 0) is 44.2 Å². The molecule has 1 unspecified atom stereocenters. The summed E-state index contributed by atoms with van der Waals surface area (Å²) in [5.74, 6) is 0.0449. The van der Waals surface area contributed by atoms with E-state index in [0.29, 0.717) is 57.2 Å². The molecule has 2 aliphatic rings. The number of hydrogen-bond donors (Lipinski definition) is 1. The van der Waals surface area contributed by atoms with Crippen LogP contribution in [-0.2, 0) is 15.0 Å². The second kappa shape index (κ2) is 11.5. The van der Waals surface area contributed by atoms with E-state index in [0.717, 1.165) is 0 Å². The standard InChI is InChI=1S/C23H37N5O5S/c1-5-33-20-8-6-19(7-9-20)22(29)24-21(18(2)3)23(30)26-12-16-28(17-13-26)34(31,32)27-14-10-25(4)11-15-27/h6-9,18,21H,5,10-17H2,1-4H3,(H,24,29). The van der Waals surface area contributed by atoms with E-state index < -0.39 is 16.3 Å². The third-order valence-electron chi connectivity index (χ3n) is 6.31. The van der Waals surface area contributed by atoms with Crippen LogP contribution in [0, 0.1) is 5.92 Å². The number of nitrogens with one attached hydrogen (secondary N) is 1. The van der Waals surface area contributed by atoms with Crippen molar-refractivity contribution in [3.05, 3.63) is 29.8 Å². The zero-order valence-corrected chi connectivity index (χ0v) is 21.4. The van der Waals surface area contributed by atoms with Gasteiger partial charge < -0.3 is 19.9 Å². The van der Waals surface area contributed by atoms with Crippen LogP contribution in [0.5, 0.6) is 5.75 Å². The van der Waals surface area contributed by atoms with E-state index in [9.17, 15) is 18.0 Å². The number of rotatable bonds is 8. The number of piperazine rings is 2. The van der Waals surface area contributed by atoms with Gasteiger partial charge in [0.05, 0.1) is 6.61 Å². The van der Waals surface area contributed by atoms with Gasteiger partial charge >= 0.3 is 0 Å². The lowest BCUT2D eigenvalue weighted by atomic mass is 10.0. The van der Waals surface area contributed by atoms with Gasteiger partial charge in [-0.2, -0.15) is 17.0 Å². The summed E-state index contributed by atoms with van der Waals surface area (Å²) in [4.78, 5) is 29.8. The largest absolute Gasteiger partial charge is 0.494 e. The molecule has 190 valence electrons. The number of ether oxygens (including phenoxy) is 1. The first-order chi connectivity index (χ1) is 16.1. The van der Waals surface area contributed by atoms with Gasteiger partial charge in [-0.15, -0.1) is 0 Å². The fourth-order valence-electron chi connectivity index (χ4n) is 4.13. The number of nitrogens with zero attached hydrogens (tertiary/aromatic N) is 4. The highest BCUT2D eigenvalue weighted by Gasteiger charge is 2.36. The minimum atomic E-state index is -3.53. The van der Waals surface area contributed by atoms with Crippen molar-refractivity contribution < 1.29 is 22.7 Å². The highest BCUT2D eigenvalue weighted by atomic mass is 32.2. The monoisotopic (exact) mass is 495 g/mol. The maximum Gasteiger partial charge on any atom is 0.282 e. The molecule has 0 aliphatic carbocycles. The summed E-state index contributed by atoms with van der Waals surface area (Å²) in [6, 6.07) is 6.10. The molecule has 0 spiro atoms. The number of likely N-dealkylation sites (N-methyl/N-ethyl adjacent to an activating group) is 1. The Bertz CT molecular complexity index is 937. The van der Waals surface area contributed by atoms with Crippen molar-refractivity contribution >= 4 is 22.0 Å². The van der Waals surface area contributed by atoms with Crippen LogP contribution < -0.4 is 10.1 Å². The van der Waals surface area contributed by atoms with Gasteiger partial charge in [-0.1, -0.05) is 13.8 Å². The summed E-state index contributed by atoms with van der Waals surface area (Å²) in [6.07, 6.45) is 0. The first kappa shape index (κ1) is 26.4. The van der Waals surface area contributed by atoms with Gasteiger partial charge in [0.15, 0.2) is 0 Å². The lowest BCUT2D eigenvalue weighted by Crippen LogP contribution is -2.59. The molecule has 0 saturated carbocycles. The molecule has 2 amide bonds. The molecular formula is C23H37N5O5S.